The van der Waals surface area contributed by atoms with E-state index in [0.717, 1.165) is 11.3 Å². The third-order valence-corrected chi connectivity index (χ3v) is 3.15. The van der Waals surface area contributed by atoms with E-state index in [0.29, 0.717) is 11.6 Å². The van der Waals surface area contributed by atoms with Crippen LogP contribution in [0, 0.1) is 6.92 Å². The molecule has 1 aromatic rings. The molecule has 0 saturated heterocycles. The molecule has 1 rings (SSSR count). The van der Waals surface area contributed by atoms with E-state index in [1.54, 1.807) is 17.0 Å². The van der Waals surface area contributed by atoms with Crippen LogP contribution >= 0.6 is 11.6 Å². The molecule has 4 nitrogen and oxygen atoms in total. The van der Waals surface area contributed by atoms with Crippen LogP contribution in [0.3, 0.4) is 0 Å². The number of hydrogen-bond acceptors (Lipinski definition) is 2. The minimum absolute atomic E-state index is 0.0755. The van der Waals surface area contributed by atoms with Gasteiger partial charge in [-0.05, 0) is 45.4 Å². The number of rotatable bonds is 4. The normalized spacial score (nSPS) is 11.1. The molecule has 0 spiro atoms. The molecular formula is C16H23ClN2O2. The Balaban J connectivity index is 2.82. The number of benzene rings is 1. The lowest BCUT2D eigenvalue weighted by Crippen LogP contribution is -2.42. The zero-order valence-electron chi connectivity index (χ0n) is 13.3. The minimum atomic E-state index is -0.274. The number of anilines is 1. The molecule has 5 heteroatoms. The third-order valence-electron chi connectivity index (χ3n) is 2.92. The molecule has 0 aliphatic carbocycles. The second-order valence-corrected chi connectivity index (χ2v) is 6.59. The summed E-state index contributed by atoms with van der Waals surface area (Å²) in [6.45, 7) is 9.51. The predicted octanol–water partition coefficient (Wildman–Crippen LogP) is 3.31. The molecule has 0 bridgehead atoms. The van der Waals surface area contributed by atoms with Crippen LogP contribution in [0.25, 0.3) is 0 Å². The molecule has 0 fully saturated rings. The van der Waals surface area contributed by atoms with Crippen LogP contribution in [0.2, 0.25) is 5.02 Å². The number of aryl methyl sites for hydroxylation is 1. The molecule has 0 atom stereocenters. The van der Waals surface area contributed by atoms with Crippen molar-refractivity contribution in [3.63, 3.8) is 0 Å². The Labute approximate surface area is 131 Å². The first-order chi connectivity index (χ1) is 9.60. The molecule has 1 N–H and O–H groups in total. The van der Waals surface area contributed by atoms with Gasteiger partial charge in [0.2, 0.25) is 11.8 Å². The fourth-order valence-electron chi connectivity index (χ4n) is 2.01. The van der Waals surface area contributed by atoms with Crippen molar-refractivity contribution in [3.8, 4) is 0 Å². The summed E-state index contributed by atoms with van der Waals surface area (Å²) in [6.07, 6.45) is 0.253. The van der Waals surface area contributed by atoms with Crippen LogP contribution in [0.1, 0.15) is 39.7 Å². The molecule has 0 aromatic heterocycles. The van der Waals surface area contributed by atoms with Gasteiger partial charge in [0.05, 0.1) is 0 Å². The highest BCUT2D eigenvalue weighted by atomic mass is 35.5. The number of nitrogens with one attached hydrogen (secondary N) is 1. The number of carbonyl (C=O) groups is 2. The van der Waals surface area contributed by atoms with Crippen molar-refractivity contribution in [1.29, 1.82) is 0 Å². The molecular weight excluding hydrogens is 288 g/mol. The highest BCUT2D eigenvalue weighted by molar-refractivity contribution is 6.31. The second kappa shape index (κ2) is 6.94. The van der Waals surface area contributed by atoms with E-state index in [2.05, 4.69) is 5.32 Å². The van der Waals surface area contributed by atoms with Crippen molar-refractivity contribution >= 4 is 29.1 Å². The predicted molar refractivity (Wildman–Crippen MR) is 86.7 cm³/mol. The molecule has 1 aromatic carbocycles. The van der Waals surface area contributed by atoms with Crippen LogP contribution in [-0.2, 0) is 9.59 Å². The summed E-state index contributed by atoms with van der Waals surface area (Å²) in [7, 11) is 0. The van der Waals surface area contributed by atoms with Gasteiger partial charge in [0, 0.05) is 36.1 Å². The fraction of sp³-hybridized carbons (Fsp3) is 0.500. The van der Waals surface area contributed by atoms with Gasteiger partial charge in [-0.1, -0.05) is 17.7 Å². The Morgan fingerprint density at radius 3 is 2.43 bits per heavy atom. The first-order valence-corrected chi connectivity index (χ1v) is 7.33. The van der Waals surface area contributed by atoms with E-state index in [9.17, 15) is 9.59 Å². The van der Waals surface area contributed by atoms with Gasteiger partial charge in [-0.2, -0.15) is 0 Å². The Kier molecular flexibility index (Phi) is 5.78. The van der Waals surface area contributed by atoms with Gasteiger partial charge in [0.1, 0.15) is 0 Å². The number of nitrogens with zero attached hydrogens (tertiary/aromatic N) is 1. The van der Waals surface area contributed by atoms with Crippen molar-refractivity contribution in [3.05, 3.63) is 28.8 Å². The molecule has 0 heterocycles. The molecule has 0 radical (unpaired) electrons. The lowest BCUT2D eigenvalue weighted by molar-refractivity contribution is -0.122. The average Bonchev–Trinajstić information content (AvgIpc) is 2.31. The first-order valence-electron chi connectivity index (χ1n) is 6.95. The van der Waals surface area contributed by atoms with Gasteiger partial charge >= 0.3 is 0 Å². The molecule has 116 valence electrons. The average molecular weight is 311 g/mol. The van der Waals surface area contributed by atoms with E-state index in [-0.39, 0.29) is 23.8 Å². The first kappa shape index (κ1) is 17.5. The SMILES string of the molecule is CC(=O)N(CCC(=O)NC(C)(C)C)c1cc(Cl)ccc1C. The van der Waals surface area contributed by atoms with E-state index in [4.69, 9.17) is 11.6 Å². The van der Waals surface area contributed by atoms with Crippen molar-refractivity contribution in [1.82, 2.24) is 5.32 Å². The van der Waals surface area contributed by atoms with E-state index in [1.807, 2.05) is 33.8 Å². The van der Waals surface area contributed by atoms with Crippen LogP contribution in [0.15, 0.2) is 18.2 Å². The number of halogens is 1. The molecule has 0 saturated carbocycles. The zero-order valence-corrected chi connectivity index (χ0v) is 14.0. The molecule has 0 aliphatic heterocycles. The van der Waals surface area contributed by atoms with Crippen LogP contribution in [-0.4, -0.2) is 23.9 Å². The molecule has 0 aliphatic rings. The quantitative estimate of drug-likeness (QED) is 0.927. The maximum Gasteiger partial charge on any atom is 0.223 e. The maximum absolute atomic E-state index is 11.9. The number of amides is 2. The van der Waals surface area contributed by atoms with Crippen LogP contribution in [0.5, 0.6) is 0 Å². The van der Waals surface area contributed by atoms with Crippen molar-refractivity contribution in [2.75, 3.05) is 11.4 Å². The van der Waals surface area contributed by atoms with E-state index >= 15 is 0 Å². The van der Waals surface area contributed by atoms with E-state index < -0.39 is 0 Å². The molecule has 21 heavy (non-hydrogen) atoms. The monoisotopic (exact) mass is 310 g/mol. The summed E-state index contributed by atoms with van der Waals surface area (Å²) >= 11 is 6.00. The summed E-state index contributed by atoms with van der Waals surface area (Å²) in [5.74, 6) is -0.183. The van der Waals surface area contributed by atoms with Gasteiger partial charge in [0.15, 0.2) is 0 Å². The van der Waals surface area contributed by atoms with Gasteiger partial charge in [-0.15, -0.1) is 0 Å². The fourth-order valence-corrected chi connectivity index (χ4v) is 2.18. The standard InChI is InChI=1S/C16H23ClN2O2/c1-11-6-7-13(17)10-14(11)19(12(2)20)9-8-15(21)18-16(3,4)5/h6-7,10H,8-9H2,1-5H3,(H,18,21). The van der Waals surface area contributed by atoms with Crippen molar-refractivity contribution in [2.24, 2.45) is 0 Å². The lowest BCUT2D eigenvalue weighted by Gasteiger charge is -2.25. The molecule has 0 unspecified atom stereocenters. The Morgan fingerprint density at radius 2 is 1.90 bits per heavy atom. The topological polar surface area (TPSA) is 49.4 Å². The second-order valence-electron chi connectivity index (χ2n) is 6.15. The van der Waals surface area contributed by atoms with Crippen molar-refractivity contribution in [2.45, 2.75) is 46.6 Å². The number of carbonyl (C=O) groups excluding carboxylic acids is 2. The Bertz CT molecular complexity index is 536. The highest BCUT2D eigenvalue weighted by Crippen LogP contribution is 2.24. The summed E-state index contributed by atoms with van der Waals surface area (Å²) in [4.78, 5) is 25.3. The molecule has 2 amide bonds. The largest absolute Gasteiger partial charge is 0.351 e. The summed E-state index contributed by atoms with van der Waals surface area (Å²) in [6, 6.07) is 5.40. The van der Waals surface area contributed by atoms with Gasteiger partial charge in [0.25, 0.3) is 0 Å². The van der Waals surface area contributed by atoms with Crippen LogP contribution < -0.4 is 10.2 Å². The zero-order chi connectivity index (χ0) is 16.2. The number of hydrogen-bond donors (Lipinski definition) is 1. The summed E-state index contributed by atoms with van der Waals surface area (Å²) < 4.78 is 0. The van der Waals surface area contributed by atoms with E-state index in [1.165, 1.54) is 6.92 Å². The van der Waals surface area contributed by atoms with Gasteiger partial charge < -0.3 is 10.2 Å². The minimum Gasteiger partial charge on any atom is -0.351 e. The maximum atomic E-state index is 11.9. The van der Waals surface area contributed by atoms with Gasteiger partial charge in [-0.25, -0.2) is 0 Å². The Morgan fingerprint density at radius 1 is 1.29 bits per heavy atom. The Hall–Kier alpha value is -1.55. The van der Waals surface area contributed by atoms with Crippen LogP contribution in [0.4, 0.5) is 5.69 Å². The lowest BCUT2D eigenvalue weighted by atomic mass is 10.1. The summed E-state index contributed by atoms with van der Waals surface area (Å²) in [5, 5.41) is 3.46. The summed E-state index contributed by atoms with van der Waals surface area (Å²) in [5.41, 5.74) is 1.42. The third kappa shape index (κ3) is 5.76. The smallest absolute Gasteiger partial charge is 0.223 e. The van der Waals surface area contributed by atoms with Gasteiger partial charge in [-0.3, -0.25) is 9.59 Å². The van der Waals surface area contributed by atoms with Crippen molar-refractivity contribution < 1.29 is 9.59 Å². The highest BCUT2D eigenvalue weighted by Gasteiger charge is 2.18.